The smallest absolute Gasteiger partial charge is 0.231 e. The number of nitrogens with zero attached hydrogens (tertiary/aromatic N) is 1. The zero-order valence-corrected chi connectivity index (χ0v) is 12.8. The molecule has 0 unspecified atom stereocenters. The zero-order chi connectivity index (χ0) is 14.8. The number of amides is 1. The average Bonchev–Trinajstić information content (AvgIpc) is 3.02. The van der Waals surface area contributed by atoms with E-state index in [-0.39, 0.29) is 12.7 Å². The number of fused-ring (bicyclic) bond motifs is 1. The molecule has 0 fully saturated rings. The van der Waals surface area contributed by atoms with Gasteiger partial charge in [-0.15, -0.1) is 11.3 Å². The van der Waals surface area contributed by atoms with E-state index in [1.807, 2.05) is 32.0 Å². The van der Waals surface area contributed by atoms with Crippen LogP contribution in [-0.4, -0.2) is 17.7 Å². The fourth-order valence-corrected chi connectivity index (χ4v) is 3.13. The Morgan fingerprint density at radius 2 is 2.14 bits per heavy atom. The van der Waals surface area contributed by atoms with Crippen LogP contribution in [0.1, 0.15) is 21.1 Å². The number of benzene rings is 1. The van der Waals surface area contributed by atoms with Gasteiger partial charge in [-0.25, -0.2) is 4.98 Å². The number of rotatable bonds is 4. The topological polar surface area (TPSA) is 60.5 Å². The van der Waals surface area contributed by atoms with E-state index in [2.05, 4.69) is 10.3 Å². The third kappa shape index (κ3) is 3.16. The van der Waals surface area contributed by atoms with Crippen LogP contribution < -0.4 is 14.8 Å². The summed E-state index contributed by atoms with van der Waals surface area (Å²) in [6.07, 6.45) is 0.377. The van der Waals surface area contributed by atoms with Crippen LogP contribution in [0, 0.1) is 13.8 Å². The van der Waals surface area contributed by atoms with Crippen LogP contribution in [-0.2, 0) is 17.8 Å². The maximum absolute atomic E-state index is 12.0. The van der Waals surface area contributed by atoms with Gasteiger partial charge in [0.1, 0.15) is 0 Å². The van der Waals surface area contributed by atoms with Crippen LogP contribution in [0.3, 0.4) is 0 Å². The molecule has 0 radical (unpaired) electrons. The maximum Gasteiger partial charge on any atom is 0.231 e. The number of hydrogen-bond donors (Lipinski definition) is 1. The monoisotopic (exact) mass is 304 g/mol. The van der Waals surface area contributed by atoms with Gasteiger partial charge in [-0.05, 0) is 31.5 Å². The first-order valence-electron chi connectivity index (χ1n) is 6.70. The number of aryl methyl sites for hydroxylation is 2. The molecule has 0 saturated heterocycles. The highest BCUT2D eigenvalue weighted by Gasteiger charge is 2.14. The summed E-state index contributed by atoms with van der Waals surface area (Å²) in [5, 5.41) is 3.91. The van der Waals surface area contributed by atoms with Crippen LogP contribution in [0.4, 0.5) is 0 Å². The molecule has 0 aliphatic carbocycles. The van der Waals surface area contributed by atoms with Crippen LogP contribution in [0.2, 0.25) is 0 Å². The molecule has 110 valence electrons. The summed E-state index contributed by atoms with van der Waals surface area (Å²) < 4.78 is 10.6. The summed E-state index contributed by atoms with van der Waals surface area (Å²) in [7, 11) is 0. The summed E-state index contributed by atoms with van der Waals surface area (Å²) >= 11 is 1.57. The number of ether oxygens (including phenoxy) is 2. The molecule has 1 aromatic heterocycles. The van der Waals surface area contributed by atoms with Crippen molar-refractivity contribution in [3.63, 3.8) is 0 Å². The van der Waals surface area contributed by atoms with E-state index in [0.29, 0.717) is 13.0 Å². The Labute approximate surface area is 126 Å². The first-order valence-corrected chi connectivity index (χ1v) is 7.51. The average molecular weight is 304 g/mol. The second-order valence-corrected chi connectivity index (χ2v) is 6.17. The van der Waals surface area contributed by atoms with Crippen molar-refractivity contribution in [2.75, 3.05) is 6.79 Å². The van der Waals surface area contributed by atoms with E-state index in [1.54, 1.807) is 11.3 Å². The van der Waals surface area contributed by atoms with Gasteiger partial charge in [-0.1, -0.05) is 6.07 Å². The number of nitrogens with one attached hydrogen (secondary N) is 1. The Bertz CT molecular complexity index is 682. The highest BCUT2D eigenvalue weighted by molar-refractivity contribution is 7.11. The molecule has 3 rings (SSSR count). The summed E-state index contributed by atoms with van der Waals surface area (Å²) in [6.45, 7) is 4.62. The summed E-state index contributed by atoms with van der Waals surface area (Å²) in [6, 6.07) is 5.68. The van der Waals surface area contributed by atoms with Crippen molar-refractivity contribution in [2.24, 2.45) is 0 Å². The maximum atomic E-state index is 12.0. The number of hydrogen-bond acceptors (Lipinski definition) is 5. The van der Waals surface area contributed by atoms with Gasteiger partial charge < -0.3 is 14.8 Å². The van der Waals surface area contributed by atoms with Crippen LogP contribution in [0.15, 0.2) is 18.2 Å². The minimum Gasteiger partial charge on any atom is -0.454 e. The predicted molar refractivity (Wildman–Crippen MR) is 79.7 cm³/mol. The quantitative estimate of drug-likeness (QED) is 0.942. The SMILES string of the molecule is Cc1nc(C)c(CC(=O)NCc2ccc3c(c2)OCO3)s1. The molecule has 1 amide bonds. The largest absolute Gasteiger partial charge is 0.454 e. The first-order chi connectivity index (χ1) is 10.1. The molecule has 1 aromatic carbocycles. The Hall–Kier alpha value is -2.08. The van der Waals surface area contributed by atoms with E-state index >= 15 is 0 Å². The van der Waals surface area contributed by atoms with E-state index < -0.39 is 0 Å². The lowest BCUT2D eigenvalue weighted by molar-refractivity contribution is -0.120. The van der Waals surface area contributed by atoms with Gasteiger partial charge in [-0.2, -0.15) is 0 Å². The standard InChI is InChI=1S/C15H16N2O3S/c1-9-14(21-10(2)17-9)6-15(18)16-7-11-3-4-12-13(5-11)20-8-19-12/h3-5H,6-8H2,1-2H3,(H,16,18). The van der Waals surface area contributed by atoms with Crippen LogP contribution in [0.25, 0.3) is 0 Å². The molecular weight excluding hydrogens is 288 g/mol. The van der Waals surface area contributed by atoms with Gasteiger partial charge in [0, 0.05) is 11.4 Å². The van der Waals surface area contributed by atoms with Gasteiger partial charge in [0.15, 0.2) is 11.5 Å². The van der Waals surface area contributed by atoms with Gasteiger partial charge in [-0.3, -0.25) is 4.79 Å². The van der Waals surface area contributed by atoms with Gasteiger partial charge in [0.05, 0.1) is 17.1 Å². The predicted octanol–water partition coefficient (Wildman–Crippen LogP) is 2.35. The zero-order valence-electron chi connectivity index (χ0n) is 11.9. The molecule has 2 heterocycles. The normalized spacial score (nSPS) is 12.5. The Morgan fingerprint density at radius 3 is 2.90 bits per heavy atom. The molecule has 5 nitrogen and oxygen atoms in total. The fourth-order valence-electron chi connectivity index (χ4n) is 2.20. The molecule has 1 aliphatic heterocycles. The number of carbonyl (C=O) groups excluding carboxylic acids is 1. The number of thiazole rings is 1. The Kier molecular flexibility index (Phi) is 3.79. The lowest BCUT2D eigenvalue weighted by Crippen LogP contribution is -2.24. The molecule has 2 aromatic rings. The number of carbonyl (C=O) groups is 1. The molecule has 0 atom stereocenters. The second-order valence-electron chi connectivity index (χ2n) is 4.88. The van der Waals surface area contributed by atoms with E-state index in [9.17, 15) is 4.79 Å². The van der Waals surface area contributed by atoms with Crippen molar-refractivity contribution in [3.8, 4) is 11.5 Å². The van der Waals surface area contributed by atoms with Gasteiger partial charge in [0.25, 0.3) is 0 Å². The third-order valence-corrected chi connectivity index (χ3v) is 4.32. The second kappa shape index (κ2) is 5.73. The summed E-state index contributed by atoms with van der Waals surface area (Å²) in [4.78, 5) is 17.3. The van der Waals surface area contributed by atoms with Crippen molar-refractivity contribution < 1.29 is 14.3 Å². The lowest BCUT2D eigenvalue weighted by Gasteiger charge is -2.06. The fraction of sp³-hybridized carbons (Fsp3) is 0.333. The van der Waals surface area contributed by atoms with Crippen molar-refractivity contribution in [3.05, 3.63) is 39.3 Å². The molecule has 1 aliphatic rings. The molecule has 6 heteroatoms. The third-order valence-electron chi connectivity index (χ3n) is 3.25. The van der Waals surface area contributed by atoms with Crippen LogP contribution >= 0.6 is 11.3 Å². The first kappa shape index (κ1) is 13.9. The molecule has 0 spiro atoms. The van der Waals surface area contributed by atoms with Crippen molar-refractivity contribution in [2.45, 2.75) is 26.8 Å². The Morgan fingerprint density at radius 1 is 1.33 bits per heavy atom. The van der Waals surface area contributed by atoms with E-state index in [4.69, 9.17) is 9.47 Å². The van der Waals surface area contributed by atoms with Crippen LogP contribution in [0.5, 0.6) is 11.5 Å². The summed E-state index contributed by atoms with van der Waals surface area (Å²) in [5.74, 6) is 1.48. The highest BCUT2D eigenvalue weighted by atomic mass is 32.1. The number of aromatic nitrogens is 1. The highest BCUT2D eigenvalue weighted by Crippen LogP contribution is 2.32. The van der Waals surface area contributed by atoms with Crippen molar-refractivity contribution in [1.29, 1.82) is 0 Å². The van der Waals surface area contributed by atoms with E-state index in [1.165, 1.54) is 0 Å². The summed E-state index contributed by atoms with van der Waals surface area (Å²) in [5.41, 5.74) is 1.93. The molecule has 0 bridgehead atoms. The molecule has 21 heavy (non-hydrogen) atoms. The van der Waals surface area contributed by atoms with E-state index in [0.717, 1.165) is 32.6 Å². The molecular formula is C15H16N2O3S. The van der Waals surface area contributed by atoms with Gasteiger partial charge >= 0.3 is 0 Å². The minimum atomic E-state index is -0.000540. The van der Waals surface area contributed by atoms with Gasteiger partial charge in [0.2, 0.25) is 12.7 Å². The Balaban J connectivity index is 1.57. The van der Waals surface area contributed by atoms with Crippen molar-refractivity contribution >= 4 is 17.2 Å². The lowest BCUT2D eigenvalue weighted by atomic mass is 10.2. The minimum absolute atomic E-state index is 0.000540. The molecule has 0 saturated carbocycles. The molecule has 1 N–H and O–H groups in total. The van der Waals surface area contributed by atoms with Crippen molar-refractivity contribution in [1.82, 2.24) is 10.3 Å².